The Labute approximate surface area is 202 Å². The first kappa shape index (κ1) is 23.4. The number of halogens is 1. The molecule has 0 bridgehead atoms. The Balaban J connectivity index is 1.37. The van der Waals surface area contributed by atoms with Crippen LogP contribution in [0.4, 0.5) is 10.1 Å². The normalized spacial score (nSPS) is 17.0. The molecular formula is C25H29FN6O3. The second-order valence-electron chi connectivity index (χ2n) is 8.95. The van der Waals surface area contributed by atoms with E-state index in [0.717, 1.165) is 31.9 Å². The van der Waals surface area contributed by atoms with E-state index in [9.17, 15) is 9.18 Å². The maximum atomic E-state index is 14.6. The second kappa shape index (κ2) is 9.73. The molecule has 0 unspecified atom stereocenters. The van der Waals surface area contributed by atoms with Gasteiger partial charge in [0.2, 0.25) is 0 Å². The molecule has 9 nitrogen and oxygen atoms in total. The summed E-state index contributed by atoms with van der Waals surface area (Å²) in [4.78, 5) is 26.4. The van der Waals surface area contributed by atoms with Crippen LogP contribution in [0.5, 0.6) is 0 Å². The predicted molar refractivity (Wildman–Crippen MR) is 131 cm³/mol. The number of aromatic nitrogens is 4. The highest BCUT2D eigenvalue weighted by Gasteiger charge is 2.24. The van der Waals surface area contributed by atoms with E-state index in [1.165, 1.54) is 16.5 Å². The quantitative estimate of drug-likeness (QED) is 0.405. The van der Waals surface area contributed by atoms with Gasteiger partial charge in [-0.1, -0.05) is 0 Å². The maximum absolute atomic E-state index is 14.6. The highest BCUT2D eigenvalue weighted by Crippen LogP contribution is 2.23. The van der Waals surface area contributed by atoms with E-state index < -0.39 is 5.82 Å². The van der Waals surface area contributed by atoms with E-state index in [1.54, 1.807) is 23.7 Å². The number of pyridine rings is 2. The SMILES string of the molecule is Cc1cn2cc(-c3cc(=O)n4cc(N5CCN(CCOCCO)[C@@H](C)C5)ccc4n3)cc(F)c2n1. The highest BCUT2D eigenvalue weighted by molar-refractivity contribution is 5.64. The number of nitrogens with zero attached hydrogens (tertiary/aromatic N) is 6. The number of aliphatic hydroxyl groups is 1. The van der Waals surface area contributed by atoms with Gasteiger partial charge in [-0.25, -0.2) is 14.4 Å². The van der Waals surface area contributed by atoms with Crippen molar-refractivity contribution in [2.75, 3.05) is 50.9 Å². The number of imidazole rings is 1. The summed E-state index contributed by atoms with van der Waals surface area (Å²) in [6, 6.07) is 6.93. The number of hydrogen-bond donors (Lipinski definition) is 1. The van der Waals surface area contributed by atoms with Gasteiger partial charge in [-0.05, 0) is 32.0 Å². The summed E-state index contributed by atoms with van der Waals surface area (Å²) in [5.41, 5.74) is 3.14. The third-order valence-electron chi connectivity index (χ3n) is 6.46. The number of aryl methyl sites for hydroxylation is 1. The van der Waals surface area contributed by atoms with Crippen LogP contribution >= 0.6 is 0 Å². The number of anilines is 1. The lowest BCUT2D eigenvalue weighted by Gasteiger charge is -2.41. The van der Waals surface area contributed by atoms with Crippen LogP contribution in [0.15, 0.2) is 47.7 Å². The third-order valence-corrected chi connectivity index (χ3v) is 6.46. The van der Waals surface area contributed by atoms with Gasteiger partial charge in [0.25, 0.3) is 5.56 Å². The van der Waals surface area contributed by atoms with Gasteiger partial charge in [0, 0.05) is 62.4 Å². The fraction of sp³-hybridized carbons (Fsp3) is 0.400. The number of piperazine rings is 1. The number of fused-ring (bicyclic) bond motifs is 2. The molecular weight excluding hydrogens is 451 g/mol. The molecule has 0 spiro atoms. The molecule has 0 saturated carbocycles. The van der Waals surface area contributed by atoms with Gasteiger partial charge in [-0.3, -0.25) is 14.1 Å². The molecule has 1 N–H and O–H groups in total. The lowest BCUT2D eigenvalue weighted by Crippen LogP contribution is -2.52. The van der Waals surface area contributed by atoms with Crippen LogP contribution in [-0.2, 0) is 4.74 Å². The Kier molecular flexibility index (Phi) is 6.50. The molecule has 1 saturated heterocycles. The predicted octanol–water partition coefficient (Wildman–Crippen LogP) is 1.98. The molecule has 184 valence electrons. The zero-order valence-electron chi connectivity index (χ0n) is 19.9. The summed E-state index contributed by atoms with van der Waals surface area (Å²) in [6.45, 7) is 8.35. The van der Waals surface area contributed by atoms with Crippen LogP contribution < -0.4 is 10.5 Å². The first-order valence-corrected chi connectivity index (χ1v) is 11.8. The lowest BCUT2D eigenvalue weighted by molar-refractivity contribution is 0.0624. The lowest BCUT2D eigenvalue weighted by atomic mass is 10.1. The van der Waals surface area contributed by atoms with E-state index >= 15 is 0 Å². The Hall–Kier alpha value is -3.34. The minimum absolute atomic E-state index is 0.0391. The van der Waals surface area contributed by atoms with Crippen molar-refractivity contribution < 1.29 is 14.2 Å². The summed E-state index contributed by atoms with van der Waals surface area (Å²) in [7, 11) is 0. The Bertz CT molecular complexity index is 1420. The molecule has 5 heterocycles. The molecule has 0 radical (unpaired) electrons. The van der Waals surface area contributed by atoms with Crippen molar-refractivity contribution in [3.05, 3.63) is 64.7 Å². The molecule has 0 amide bonds. The molecule has 1 aliphatic heterocycles. The van der Waals surface area contributed by atoms with Crippen molar-refractivity contribution in [2.45, 2.75) is 19.9 Å². The topological polar surface area (TPSA) is 87.6 Å². The van der Waals surface area contributed by atoms with Crippen LogP contribution in [0, 0.1) is 12.7 Å². The smallest absolute Gasteiger partial charge is 0.258 e. The highest BCUT2D eigenvalue weighted by atomic mass is 19.1. The van der Waals surface area contributed by atoms with Crippen molar-refractivity contribution in [1.29, 1.82) is 0 Å². The summed E-state index contributed by atoms with van der Waals surface area (Å²) in [6.07, 6.45) is 5.30. The summed E-state index contributed by atoms with van der Waals surface area (Å²) >= 11 is 0. The average molecular weight is 481 g/mol. The first-order chi connectivity index (χ1) is 16.9. The minimum atomic E-state index is -0.457. The average Bonchev–Trinajstić information content (AvgIpc) is 3.23. The first-order valence-electron chi connectivity index (χ1n) is 11.8. The fourth-order valence-electron chi connectivity index (χ4n) is 4.66. The Morgan fingerprint density at radius 2 is 2.00 bits per heavy atom. The van der Waals surface area contributed by atoms with Gasteiger partial charge in [0.15, 0.2) is 11.5 Å². The molecule has 1 aliphatic rings. The van der Waals surface area contributed by atoms with Crippen LogP contribution in [0.25, 0.3) is 22.6 Å². The van der Waals surface area contributed by atoms with Crippen molar-refractivity contribution >= 4 is 17.0 Å². The Morgan fingerprint density at radius 1 is 1.14 bits per heavy atom. The second-order valence-corrected chi connectivity index (χ2v) is 8.95. The maximum Gasteiger partial charge on any atom is 0.258 e. The van der Waals surface area contributed by atoms with Gasteiger partial charge < -0.3 is 19.1 Å². The standard InChI is InChI=1S/C25H29FN6O3/c1-17-13-31-15-19(11-21(26)25(31)27-17)22-12-24(34)32-16-20(3-4-23(32)28-22)30-6-5-29(18(2)14-30)7-9-35-10-8-33/h3-4,11-13,15-16,18,33H,5-10,14H2,1-2H3/t18-/m0/s1. The van der Waals surface area contributed by atoms with Gasteiger partial charge in [0.1, 0.15) is 5.65 Å². The molecule has 0 aliphatic carbocycles. The van der Waals surface area contributed by atoms with Crippen LogP contribution in [0.3, 0.4) is 0 Å². The van der Waals surface area contributed by atoms with Crippen LogP contribution in [0.2, 0.25) is 0 Å². The number of ether oxygens (including phenoxy) is 1. The molecule has 1 fully saturated rings. The van der Waals surface area contributed by atoms with E-state index in [-0.39, 0.29) is 17.8 Å². The van der Waals surface area contributed by atoms with Gasteiger partial charge >= 0.3 is 0 Å². The molecule has 4 aromatic rings. The number of rotatable bonds is 7. The molecule has 35 heavy (non-hydrogen) atoms. The van der Waals surface area contributed by atoms with E-state index in [4.69, 9.17) is 9.84 Å². The zero-order chi connectivity index (χ0) is 24.5. The van der Waals surface area contributed by atoms with Gasteiger partial charge in [0.05, 0.1) is 36.9 Å². The van der Waals surface area contributed by atoms with Crippen molar-refractivity contribution in [3.8, 4) is 11.3 Å². The summed E-state index contributed by atoms with van der Waals surface area (Å²) in [5.74, 6) is -0.457. The van der Waals surface area contributed by atoms with Crippen molar-refractivity contribution in [1.82, 2.24) is 23.7 Å². The molecule has 4 aromatic heterocycles. The molecule has 5 rings (SSSR count). The molecule has 1 atom stereocenters. The minimum Gasteiger partial charge on any atom is -0.394 e. The summed E-state index contributed by atoms with van der Waals surface area (Å²) in [5, 5.41) is 8.84. The zero-order valence-corrected chi connectivity index (χ0v) is 19.9. The molecule has 10 heteroatoms. The van der Waals surface area contributed by atoms with Crippen LogP contribution in [-0.4, -0.2) is 80.8 Å². The number of hydrogen-bond acceptors (Lipinski definition) is 7. The third kappa shape index (κ3) is 4.77. The van der Waals surface area contributed by atoms with E-state index in [1.807, 2.05) is 18.3 Å². The van der Waals surface area contributed by atoms with Crippen LogP contribution in [0.1, 0.15) is 12.6 Å². The largest absolute Gasteiger partial charge is 0.394 e. The van der Waals surface area contributed by atoms with Gasteiger partial charge in [-0.2, -0.15) is 0 Å². The van der Waals surface area contributed by atoms with E-state index in [0.29, 0.717) is 41.9 Å². The Morgan fingerprint density at radius 3 is 2.80 bits per heavy atom. The molecule has 0 aromatic carbocycles. The monoisotopic (exact) mass is 480 g/mol. The fourth-order valence-corrected chi connectivity index (χ4v) is 4.66. The number of aliphatic hydroxyl groups excluding tert-OH is 1. The van der Waals surface area contributed by atoms with Crippen molar-refractivity contribution in [3.63, 3.8) is 0 Å². The summed E-state index contributed by atoms with van der Waals surface area (Å²) < 4.78 is 23.1. The van der Waals surface area contributed by atoms with Crippen molar-refractivity contribution in [2.24, 2.45) is 0 Å². The van der Waals surface area contributed by atoms with Gasteiger partial charge in [-0.15, -0.1) is 0 Å². The van der Waals surface area contributed by atoms with E-state index in [2.05, 4.69) is 26.7 Å².